The zero-order chi connectivity index (χ0) is 7.56. The Morgan fingerprint density at radius 2 is 2.40 bits per heavy atom. The maximum Gasteiger partial charge on any atom is 0.106 e. The van der Waals surface area contributed by atoms with Crippen LogP contribution in [0.25, 0.3) is 0 Å². The van der Waals surface area contributed by atoms with Gasteiger partial charge in [0, 0.05) is 12.5 Å². The predicted molar refractivity (Wildman–Crippen MR) is 40.4 cm³/mol. The minimum atomic E-state index is -0.622. The summed E-state index contributed by atoms with van der Waals surface area (Å²) in [5.74, 6) is 0.291. The summed E-state index contributed by atoms with van der Waals surface area (Å²) < 4.78 is 0. The quantitative estimate of drug-likeness (QED) is 0.493. The topological polar surface area (TPSA) is 49.5 Å². The lowest BCUT2D eigenvalue weighted by atomic mass is 9.97. The Bertz CT molecular complexity index is 106. The molecule has 1 fully saturated rings. The molecule has 1 aliphatic heterocycles. The average molecular weight is 144 g/mol. The SMILES string of the molecule is CN1CCCC(C(N)O)C1. The van der Waals surface area contributed by atoms with E-state index in [0.717, 1.165) is 25.9 Å². The van der Waals surface area contributed by atoms with Crippen LogP contribution in [0.1, 0.15) is 12.8 Å². The molecule has 0 bridgehead atoms. The second kappa shape index (κ2) is 3.32. The molecule has 0 aromatic rings. The fourth-order valence-corrected chi connectivity index (χ4v) is 1.49. The van der Waals surface area contributed by atoms with Gasteiger partial charge in [0.25, 0.3) is 0 Å². The van der Waals surface area contributed by atoms with Gasteiger partial charge in [-0.25, -0.2) is 0 Å². The molecule has 0 amide bonds. The van der Waals surface area contributed by atoms with Gasteiger partial charge in [0.2, 0.25) is 0 Å². The first kappa shape index (κ1) is 7.98. The molecule has 0 aliphatic carbocycles. The van der Waals surface area contributed by atoms with Gasteiger partial charge in [-0.05, 0) is 26.4 Å². The van der Waals surface area contributed by atoms with Crippen LogP contribution in [0.5, 0.6) is 0 Å². The zero-order valence-electron chi connectivity index (χ0n) is 6.45. The van der Waals surface area contributed by atoms with E-state index >= 15 is 0 Å². The van der Waals surface area contributed by atoms with Crippen LogP contribution in [0, 0.1) is 5.92 Å². The largest absolute Gasteiger partial charge is 0.379 e. The molecule has 1 rings (SSSR count). The number of aliphatic hydroxyl groups is 1. The second-order valence-electron chi connectivity index (χ2n) is 3.16. The minimum absolute atomic E-state index is 0.291. The van der Waals surface area contributed by atoms with E-state index in [2.05, 4.69) is 11.9 Å². The van der Waals surface area contributed by atoms with Crippen LogP contribution in [0.4, 0.5) is 0 Å². The van der Waals surface area contributed by atoms with Crippen molar-refractivity contribution in [2.45, 2.75) is 19.1 Å². The summed E-state index contributed by atoms with van der Waals surface area (Å²) in [6.45, 7) is 2.08. The van der Waals surface area contributed by atoms with Crippen molar-refractivity contribution in [3.05, 3.63) is 0 Å². The van der Waals surface area contributed by atoms with E-state index in [9.17, 15) is 0 Å². The summed E-state index contributed by atoms with van der Waals surface area (Å²) in [4.78, 5) is 2.21. The lowest BCUT2D eigenvalue weighted by Gasteiger charge is -2.30. The molecule has 0 radical (unpaired) electrons. The van der Waals surface area contributed by atoms with Crippen molar-refractivity contribution in [1.29, 1.82) is 0 Å². The number of nitrogens with zero attached hydrogens (tertiary/aromatic N) is 1. The highest BCUT2D eigenvalue weighted by Crippen LogP contribution is 2.15. The molecule has 3 nitrogen and oxygen atoms in total. The third-order valence-corrected chi connectivity index (χ3v) is 2.14. The predicted octanol–water partition coefficient (Wildman–Crippen LogP) is -0.395. The van der Waals surface area contributed by atoms with Gasteiger partial charge < -0.3 is 15.7 Å². The van der Waals surface area contributed by atoms with Gasteiger partial charge in [0.1, 0.15) is 6.23 Å². The van der Waals surface area contributed by atoms with E-state index in [1.807, 2.05) is 0 Å². The third kappa shape index (κ3) is 1.94. The van der Waals surface area contributed by atoms with E-state index in [4.69, 9.17) is 10.8 Å². The summed E-state index contributed by atoms with van der Waals surface area (Å²) in [6.07, 6.45) is 1.61. The highest BCUT2D eigenvalue weighted by Gasteiger charge is 2.20. The Hall–Kier alpha value is -0.120. The summed E-state index contributed by atoms with van der Waals surface area (Å²) in [5, 5.41) is 9.05. The van der Waals surface area contributed by atoms with Crippen molar-refractivity contribution in [3.63, 3.8) is 0 Å². The monoisotopic (exact) mass is 144 g/mol. The van der Waals surface area contributed by atoms with E-state index in [1.165, 1.54) is 0 Å². The molecule has 0 spiro atoms. The molecule has 3 N–H and O–H groups in total. The molecule has 2 unspecified atom stereocenters. The minimum Gasteiger partial charge on any atom is -0.379 e. The summed E-state index contributed by atoms with van der Waals surface area (Å²) in [6, 6.07) is 0. The summed E-state index contributed by atoms with van der Waals surface area (Å²) >= 11 is 0. The lowest BCUT2D eigenvalue weighted by Crippen LogP contribution is -2.41. The molecule has 60 valence electrons. The van der Waals surface area contributed by atoms with Gasteiger partial charge in [0.15, 0.2) is 0 Å². The van der Waals surface area contributed by atoms with Crippen LogP contribution in [0.2, 0.25) is 0 Å². The van der Waals surface area contributed by atoms with Crippen molar-refractivity contribution in [2.24, 2.45) is 11.7 Å². The molecule has 2 atom stereocenters. The van der Waals surface area contributed by atoms with Crippen molar-refractivity contribution in [2.75, 3.05) is 20.1 Å². The number of hydrogen-bond donors (Lipinski definition) is 2. The second-order valence-corrected chi connectivity index (χ2v) is 3.16. The molecule has 0 aromatic carbocycles. The fraction of sp³-hybridized carbons (Fsp3) is 1.00. The highest BCUT2D eigenvalue weighted by atomic mass is 16.3. The molecule has 0 aromatic heterocycles. The Balaban J connectivity index is 2.32. The van der Waals surface area contributed by atoms with Gasteiger partial charge in [-0.1, -0.05) is 0 Å². The van der Waals surface area contributed by atoms with Crippen LogP contribution >= 0.6 is 0 Å². The van der Waals surface area contributed by atoms with Crippen LogP contribution < -0.4 is 5.73 Å². The first-order valence-electron chi connectivity index (χ1n) is 3.82. The van der Waals surface area contributed by atoms with E-state index in [1.54, 1.807) is 0 Å². The molecule has 1 heterocycles. The fourth-order valence-electron chi connectivity index (χ4n) is 1.49. The first-order chi connectivity index (χ1) is 4.70. The Morgan fingerprint density at radius 3 is 2.80 bits per heavy atom. The van der Waals surface area contributed by atoms with Crippen molar-refractivity contribution in [3.8, 4) is 0 Å². The molecule has 1 aliphatic rings. The number of piperidine rings is 1. The highest BCUT2D eigenvalue weighted by molar-refractivity contribution is 4.73. The van der Waals surface area contributed by atoms with Gasteiger partial charge in [-0.2, -0.15) is 0 Å². The normalized spacial score (nSPS) is 32.1. The van der Waals surface area contributed by atoms with Crippen molar-refractivity contribution < 1.29 is 5.11 Å². The van der Waals surface area contributed by atoms with Crippen molar-refractivity contribution >= 4 is 0 Å². The number of rotatable bonds is 1. The molecule has 0 saturated carbocycles. The Labute approximate surface area is 61.8 Å². The molecule has 1 saturated heterocycles. The maximum absolute atomic E-state index is 9.05. The van der Waals surface area contributed by atoms with Crippen LogP contribution in [-0.4, -0.2) is 36.4 Å². The van der Waals surface area contributed by atoms with Crippen LogP contribution in [0.3, 0.4) is 0 Å². The molecular weight excluding hydrogens is 128 g/mol. The Morgan fingerprint density at radius 1 is 1.70 bits per heavy atom. The summed E-state index contributed by atoms with van der Waals surface area (Å²) in [7, 11) is 2.06. The molecule has 3 heteroatoms. The van der Waals surface area contributed by atoms with E-state index in [0.29, 0.717) is 5.92 Å². The van der Waals surface area contributed by atoms with Gasteiger partial charge in [-0.3, -0.25) is 0 Å². The van der Waals surface area contributed by atoms with Gasteiger partial charge in [-0.15, -0.1) is 0 Å². The maximum atomic E-state index is 9.05. The van der Waals surface area contributed by atoms with E-state index < -0.39 is 6.23 Å². The first-order valence-corrected chi connectivity index (χ1v) is 3.82. The smallest absolute Gasteiger partial charge is 0.106 e. The van der Waals surface area contributed by atoms with Crippen LogP contribution in [0.15, 0.2) is 0 Å². The lowest BCUT2D eigenvalue weighted by molar-refractivity contribution is 0.0644. The Kier molecular flexibility index (Phi) is 2.65. The van der Waals surface area contributed by atoms with Gasteiger partial charge >= 0.3 is 0 Å². The number of aliphatic hydroxyl groups excluding tert-OH is 1. The standard InChI is InChI=1S/C7H16N2O/c1-9-4-2-3-6(5-9)7(8)10/h6-7,10H,2-5,8H2,1H3. The number of likely N-dealkylation sites (tertiary alicyclic amines) is 1. The third-order valence-electron chi connectivity index (χ3n) is 2.14. The average Bonchev–Trinajstić information content (AvgIpc) is 1.88. The number of nitrogens with two attached hydrogens (primary N) is 1. The molecular formula is C7H16N2O. The summed E-state index contributed by atoms with van der Waals surface area (Å²) in [5.41, 5.74) is 5.36. The zero-order valence-corrected chi connectivity index (χ0v) is 6.45. The van der Waals surface area contributed by atoms with Crippen LogP contribution in [-0.2, 0) is 0 Å². The number of hydrogen-bond acceptors (Lipinski definition) is 3. The molecule has 10 heavy (non-hydrogen) atoms. The van der Waals surface area contributed by atoms with E-state index in [-0.39, 0.29) is 0 Å². The van der Waals surface area contributed by atoms with Gasteiger partial charge in [0.05, 0.1) is 0 Å². The van der Waals surface area contributed by atoms with Crippen molar-refractivity contribution in [1.82, 2.24) is 4.90 Å².